The van der Waals surface area contributed by atoms with Crippen molar-refractivity contribution < 1.29 is 4.90 Å². The molecule has 3 aliphatic heterocycles. The Kier molecular flexibility index (Phi) is 5.38. The van der Waals surface area contributed by atoms with Crippen LogP contribution in [0.4, 0.5) is 0 Å². The molecule has 1 saturated carbocycles. The lowest BCUT2D eigenvalue weighted by atomic mass is 9.74. The Morgan fingerprint density at radius 2 is 2.00 bits per heavy atom. The first kappa shape index (κ1) is 15.5. The smallest absolute Gasteiger partial charge is 0.166 e. The largest absolute Gasteiger partial charge is 0.360 e. The fourth-order valence-electron chi connectivity index (χ4n) is 4.83. The van der Waals surface area contributed by atoms with Crippen molar-refractivity contribution in [1.82, 2.24) is 10.6 Å². The predicted octanol–water partition coefficient (Wildman–Crippen LogP) is 1.49. The molecule has 3 N–H and O–H groups in total. The topological polar surface area (TPSA) is 28.5 Å². The predicted molar refractivity (Wildman–Crippen MR) is 91.6 cm³/mol. The Labute approximate surface area is 135 Å². The Balaban J connectivity index is 1.40. The van der Waals surface area contributed by atoms with Crippen LogP contribution >= 0.6 is 12.2 Å². The van der Waals surface area contributed by atoms with E-state index in [9.17, 15) is 0 Å². The van der Waals surface area contributed by atoms with Crippen molar-refractivity contribution in [3.8, 4) is 0 Å². The summed E-state index contributed by atoms with van der Waals surface area (Å²) >= 11 is 5.50. The SMILES string of the molecule is CC[C@H]1C[NH+]2CC[C@H]1C[C@@H]2CNC(=S)NC1CCCCC1. The van der Waals surface area contributed by atoms with E-state index in [1.165, 1.54) is 64.5 Å². The monoisotopic (exact) mass is 310 g/mol. The lowest BCUT2D eigenvalue weighted by Gasteiger charge is -2.47. The summed E-state index contributed by atoms with van der Waals surface area (Å²) in [7, 11) is 0. The molecule has 3 heterocycles. The third kappa shape index (κ3) is 3.89. The van der Waals surface area contributed by atoms with E-state index in [2.05, 4.69) is 17.6 Å². The van der Waals surface area contributed by atoms with Gasteiger partial charge >= 0.3 is 0 Å². The molecule has 120 valence electrons. The molecule has 0 aromatic carbocycles. The molecule has 0 spiro atoms. The number of hydrogen-bond donors (Lipinski definition) is 3. The van der Waals surface area contributed by atoms with Gasteiger partial charge in [0, 0.05) is 24.8 Å². The molecule has 1 unspecified atom stereocenters. The van der Waals surface area contributed by atoms with Crippen molar-refractivity contribution >= 4 is 17.3 Å². The Hall–Kier alpha value is -0.350. The molecule has 3 nitrogen and oxygen atoms in total. The van der Waals surface area contributed by atoms with Gasteiger partial charge < -0.3 is 15.5 Å². The van der Waals surface area contributed by atoms with Crippen LogP contribution in [-0.4, -0.2) is 36.8 Å². The van der Waals surface area contributed by atoms with Crippen LogP contribution in [0.3, 0.4) is 0 Å². The fraction of sp³-hybridized carbons (Fsp3) is 0.941. The number of hydrogen-bond acceptors (Lipinski definition) is 1. The van der Waals surface area contributed by atoms with Gasteiger partial charge in [-0.05, 0) is 37.4 Å². The molecule has 4 fully saturated rings. The highest BCUT2D eigenvalue weighted by Crippen LogP contribution is 2.28. The third-order valence-corrected chi connectivity index (χ3v) is 6.43. The van der Waals surface area contributed by atoms with Gasteiger partial charge in [-0.25, -0.2) is 0 Å². The van der Waals surface area contributed by atoms with E-state index in [1.807, 2.05) is 4.90 Å². The molecule has 1 aliphatic carbocycles. The molecule has 4 atom stereocenters. The van der Waals surface area contributed by atoms with Crippen LogP contribution in [0, 0.1) is 11.8 Å². The van der Waals surface area contributed by atoms with Gasteiger partial charge in [0.05, 0.1) is 19.6 Å². The number of thiocarbonyl (C=S) groups is 1. The van der Waals surface area contributed by atoms with Gasteiger partial charge in [0.2, 0.25) is 0 Å². The van der Waals surface area contributed by atoms with Crippen molar-refractivity contribution in [1.29, 1.82) is 0 Å². The van der Waals surface area contributed by atoms with Crippen molar-refractivity contribution in [3.63, 3.8) is 0 Å². The first-order valence-corrected chi connectivity index (χ1v) is 9.56. The van der Waals surface area contributed by atoms with E-state index >= 15 is 0 Å². The summed E-state index contributed by atoms with van der Waals surface area (Å²) in [6.07, 6.45) is 10.9. The van der Waals surface area contributed by atoms with Crippen molar-refractivity contribution in [2.45, 2.75) is 70.4 Å². The summed E-state index contributed by atoms with van der Waals surface area (Å²) < 4.78 is 0. The van der Waals surface area contributed by atoms with Gasteiger partial charge in [0.15, 0.2) is 5.11 Å². The Bertz CT molecular complexity index is 354. The summed E-state index contributed by atoms with van der Waals surface area (Å²) in [5, 5.41) is 7.95. The average Bonchev–Trinajstić information content (AvgIpc) is 2.54. The summed E-state index contributed by atoms with van der Waals surface area (Å²) in [6, 6.07) is 1.41. The first-order valence-electron chi connectivity index (χ1n) is 9.15. The molecule has 21 heavy (non-hydrogen) atoms. The van der Waals surface area contributed by atoms with Crippen LogP contribution in [0.25, 0.3) is 0 Å². The second-order valence-corrected chi connectivity index (χ2v) is 7.86. The quantitative estimate of drug-likeness (QED) is 0.687. The number of rotatable bonds is 4. The zero-order valence-electron chi connectivity index (χ0n) is 13.5. The number of nitrogens with one attached hydrogen (secondary N) is 3. The minimum Gasteiger partial charge on any atom is -0.360 e. The van der Waals surface area contributed by atoms with Crippen LogP contribution in [-0.2, 0) is 0 Å². The number of fused-ring (bicyclic) bond motifs is 3. The lowest BCUT2D eigenvalue weighted by Crippen LogP contribution is -3.20. The van der Waals surface area contributed by atoms with Crippen LogP contribution in [0.5, 0.6) is 0 Å². The van der Waals surface area contributed by atoms with E-state index in [0.29, 0.717) is 6.04 Å². The molecular weight excluding hydrogens is 278 g/mol. The van der Waals surface area contributed by atoms with E-state index in [-0.39, 0.29) is 0 Å². The molecular formula is C17H32N3S+. The number of quaternary nitrogens is 1. The Morgan fingerprint density at radius 1 is 1.19 bits per heavy atom. The normalized spacial score (nSPS) is 36.4. The molecule has 4 heteroatoms. The average molecular weight is 311 g/mol. The van der Waals surface area contributed by atoms with Crippen molar-refractivity contribution in [2.24, 2.45) is 11.8 Å². The molecule has 2 bridgehead atoms. The molecule has 4 rings (SSSR count). The summed E-state index contributed by atoms with van der Waals surface area (Å²) in [6.45, 7) is 6.22. The van der Waals surface area contributed by atoms with E-state index < -0.39 is 0 Å². The maximum absolute atomic E-state index is 5.50. The highest BCUT2D eigenvalue weighted by Gasteiger charge is 2.42. The number of piperidine rings is 3. The molecule has 4 aliphatic rings. The highest BCUT2D eigenvalue weighted by molar-refractivity contribution is 7.80. The van der Waals surface area contributed by atoms with Crippen LogP contribution < -0.4 is 15.5 Å². The summed E-state index contributed by atoms with van der Waals surface area (Å²) in [5.74, 6) is 1.97. The van der Waals surface area contributed by atoms with Gasteiger partial charge in [-0.1, -0.05) is 26.2 Å². The Morgan fingerprint density at radius 3 is 2.67 bits per heavy atom. The van der Waals surface area contributed by atoms with E-state index in [0.717, 1.165) is 29.5 Å². The van der Waals surface area contributed by atoms with Gasteiger partial charge in [-0.2, -0.15) is 0 Å². The van der Waals surface area contributed by atoms with E-state index in [4.69, 9.17) is 12.2 Å². The molecule has 0 radical (unpaired) electrons. The van der Waals surface area contributed by atoms with Crippen LogP contribution in [0.1, 0.15) is 58.3 Å². The van der Waals surface area contributed by atoms with Gasteiger partial charge in [0.1, 0.15) is 6.04 Å². The maximum Gasteiger partial charge on any atom is 0.166 e. The van der Waals surface area contributed by atoms with Gasteiger partial charge in [-0.15, -0.1) is 0 Å². The molecule has 0 aromatic heterocycles. The zero-order valence-corrected chi connectivity index (χ0v) is 14.3. The fourth-order valence-corrected chi connectivity index (χ4v) is 5.08. The molecule has 0 amide bonds. The summed E-state index contributed by atoms with van der Waals surface area (Å²) in [4.78, 5) is 1.83. The third-order valence-electron chi connectivity index (χ3n) is 6.17. The standard InChI is InChI=1S/C17H31N3S/c1-2-13-12-20-9-8-14(13)10-16(20)11-18-17(21)19-15-6-4-3-5-7-15/h13-16H,2-12H2,1H3,(H2,18,19,21)/p+1/t13-,14-,16+/m0/s1. The minimum absolute atomic E-state index is 0.624. The zero-order chi connectivity index (χ0) is 14.7. The second kappa shape index (κ2) is 7.28. The maximum atomic E-state index is 5.50. The first-order chi connectivity index (χ1) is 10.3. The van der Waals surface area contributed by atoms with Gasteiger partial charge in [-0.3, -0.25) is 0 Å². The van der Waals surface area contributed by atoms with Crippen LogP contribution in [0.15, 0.2) is 0 Å². The molecule has 3 saturated heterocycles. The minimum atomic E-state index is 0.624. The van der Waals surface area contributed by atoms with Gasteiger partial charge in [0.25, 0.3) is 0 Å². The van der Waals surface area contributed by atoms with Crippen molar-refractivity contribution in [2.75, 3.05) is 19.6 Å². The van der Waals surface area contributed by atoms with Crippen LogP contribution in [0.2, 0.25) is 0 Å². The summed E-state index contributed by atoms with van der Waals surface area (Å²) in [5.41, 5.74) is 0. The highest BCUT2D eigenvalue weighted by atomic mass is 32.1. The molecule has 0 aromatic rings. The lowest BCUT2D eigenvalue weighted by molar-refractivity contribution is -0.945. The van der Waals surface area contributed by atoms with E-state index in [1.54, 1.807) is 0 Å². The second-order valence-electron chi connectivity index (χ2n) is 7.45. The van der Waals surface area contributed by atoms with Crippen molar-refractivity contribution in [3.05, 3.63) is 0 Å².